The van der Waals surface area contributed by atoms with Crippen molar-refractivity contribution in [3.05, 3.63) is 23.3 Å². The average Bonchev–Trinajstić information content (AvgIpc) is 2.34. The molecule has 0 atom stereocenters. The first-order valence-corrected chi connectivity index (χ1v) is 9.08. The van der Waals surface area contributed by atoms with Crippen molar-refractivity contribution < 1.29 is 19.1 Å². The third-order valence-corrected chi connectivity index (χ3v) is 3.53. The Morgan fingerprint density at radius 1 is 1.10 bits per heavy atom. The Balaban J connectivity index is 3.77. The number of ether oxygens (including phenoxy) is 1. The van der Waals surface area contributed by atoms with Crippen LogP contribution in [0.5, 0.6) is 0 Å². The molecule has 0 aliphatic carbocycles. The maximum atomic E-state index is 10.6. The lowest BCUT2D eigenvalue weighted by molar-refractivity contribution is 0.184. The second-order valence-electron chi connectivity index (χ2n) is 5.26. The van der Waals surface area contributed by atoms with Crippen LogP contribution in [0.1, 0.15) is 59.3 Å². The molecule has 0 aromatic carbocycles. The van der Waals surface area contributed by atoms with Crippen LogP contribution in [0.3, 0.4) is 0 Å². The molecule has 0 aliphatic rings. The first kappa shape index (κ1) is 19.6. The smallest absolute Gasteiger partial charge is 0.350 e. The van der Waals surface area contributed by atoms with E-state index in [1.54, 1.807) is 0 Å². The van der Waals surface area contributed by atoms with Gasteiger partial charge >= 0.3 is 7.60 Å². The van der Waals surface area contributed by atoms with Crippen LogP contribution >= 0.6 is 7.60 Å². The minimum atomic E-state index is -4.03. The highest BCUT2D eigenvalue weighted by Crippen LogP contribution is 2.33. The number of allylic oxidation sites excluding steroid dienone is 3. The van der Waals surface area contributed by atoms with Crippen molar-refractivity contribution in [2.45, 2.75) is 59.3 Å². The molecule has 2 N–H and O–H groups in total. The summed E-state index contributed by atoms with van der Waals surface area (Å²) in [5.74, 6) is 0. The summed E-state index contributed by atoms with van der Waals surface area (Å²) in [6.45, 7) is 6.66. The van der Waals surface area contributed by atoms with Crippen molar-refractivity contribution in [1.82, 2.24) is 0 Å². The Morgan fingerprint density at radius 3 is 2.35 bits per heavy atom. The molecule has 0 bridgehead atoms. The Hall–Kier alpha value is -0.410. The van der Waals surface area contributed by atoms with E-state index in [4.69, 9.17) is 14.5 Å². The fourth-order valence-corrected chi connectivity index (χ4v) is 2.12. The van der Waals surface area contributed by atoms with Crippen LogP contribution in [0, 0.1) is 0 Å². The minimum Gasteiger partial charge on any atom is -0.365 e. The second-order valence-corrected chi connectivity index (χ2v) is 6.85. The summed E-state index contributed by atoms with van der Waals surface area (Å²) < 4.78 is 15.5. The summed E-state index contributed by atoms with van der Waals surface area (Å²) in [5, 5.41) is 0. The van der Waals surface area contributed by atoms with Gasteiger partial charge in [-0.2, -0.15) is 0 Å². The number of unbranched alkanes of at least 4 members (excludes halogenated alkanes) is 2. The maximum absolute atomic E-state index is 10.6. The summed E-state index contributed by atoms with van der Waals surface area (Å²) in [6, 6.07) is 0. The van der Waals surface area contributed by atoms with Crippen molar-refractivity contribution in [3.63, 3.8) is 0 Å². The first-order chi connectivity index (χ1) is 9.35. The molecule has 0 fully saturated rings. The average molecular weight is 304 g/mol. The van der Waals surface area contributed by atoms with E-state index in [0.717, 1.165) is 12.8 Å². The summed E-state index contributed by atoms with van der Waals surface area (Å²) in [4.78, 5) is 17.3. The molecule has 0 aliphatic heterocycles. The van der Waals surface area contributed by atoms with Gasteiger partial charge in [-0.15, -0.1) is 0 Å². The number of rotatable bonds is 11. The minimum absolute atomic E-state index is 0.260. The lowest BCUT2D eigenvalue weighted by Crippen LogP contribution is -1.95. The van der Waals surface area contributed by atoms with Gasteiger partial charge in [0, 0.05) is 0 Å². The van der Waals surface area contributed by atoms with E-state index < -0.39 is 13.9 Å². The summed E-state index contributed by atoms with van der Waals surface area (Å²) in [6.07, 6.45) is 10.6. The van der Waals surface area contributed by atoms with Gasteiger partial charge in [-0.25, -0.2) is 0 Å². The quantitative estimate of drug-likeness (QED) is 0.337. The molecule has 0 radical (unpaired) electrons. The molecule has 0 unspecified atom stereocenters. The van der Waals surface area contributed by atoms with Gasteiger partial charge in [-0.05, 0) is 39.5 Å². The molecule has 4 nitrogen and oxygen atoms in total. The summed E-state index contributed by atoms with van der Waals surface area (Å²) in [5.41, 5.74) is 2.64. The second kappa shape index (κ2) is 11.3. The predicted molar refractivity (Wildman–Crippen MR) is 83.8 cm³/mol. The van der Waals surface area contributed by atoms with E-state index in [0.29, 0.717) is 0 Å². The number of hydrogen-bond acceptors (Lipinski definition) is 2. The van der Waals surface area contributed by atoms with Crippen molar-refractivity contribution in [2.24, 2.45) is 0 Å². The zero-order chi connectivity index (χ0) is 15.4. The van der Waals surface area contributed by atoms with Crippen molar-refractivity contribution in [2.75, 3.05) is 13.0 Å². The largest absolute Gasteiger partial charge is 0.365 e. The Labute approximate surface area is 123 Å². The molecule has 0 spiro atoms. The molecule has 0 rings (SSSR count). The lowest BCUT2D eigenvalue weighted by atomic mass is 10.1. The summed E-state index contributed by atoms with van der Waals surface area (Å²) >= 11 is 0. The molecule has 0 heterocycles. The highest BCUT2D eigenvalue weighted by atomic mass is 31.2. The van der Waals surface area contributed by atoms with Gasteiger partial charge in [0.15, 0.2) is 0 Å². The van der Waals surface area contributed by atoms with Crippen LogP contribution < -0.4 is 0 Å². The van der Waals surface area contributed by atoms with E-state index in [1.165, 1.54) is 36.8 Å². The zero-order valence-corrected chi connectivity index (χ0v) is 13.9. The third kappa shape index (κ3) is 14.0. The van der Waals surface area contributed by atoms with Crippen molar-refractivity contribution >= 4 is 7.60 Å². The van der Waals surface area contributed by atoms with Crippen LogP contribution in [-0.2, 0) is 9.30 Å². The standard InChI is InChI=1S/C15H29O4P/c1-4-5-6-8-14(2)9-7-10-15(3)11-12-19-13-20(16,17)18/h9,11H,4-8,10,12-13H2,1-3H3,(H2,16,17,18). The molecule has 0 saturated carbocycles. The van der Waals surface area contributed by atoms with Crippen LogP contribution in [0.15, 0.2) is 23.3 Å². The van der Waals surface area contributed by atoms with Gasteiger partial charge in [0.2, 0.25) is 0 Å². The fraction of sp³-hybridized carbons (Fsp3) is 0.733. The molecule has 20 heavy (non-hydrogen) atoms. The van der Waals surface area contributed by atoms with E-state index in [1.807, 2.05) is 13.0 Å². The SMILES string of the molecule is CCCCCC(C)=CCCC(C)=CCOCP(=O)(O)O. The lowest BCUT2D eigenvalue weighted by Gasteiger charge is -2.04. The number of hydrogen-bond donors (Lipinski definition) is 2. The molecular formula is C15H29O4P. The van der Waals surface area contributed by atoms with Crippen molar-refractivity contribution in [1.29, 1.82) is 0 Å². The van der Waals surface area contributed by atoms with E-state index >= 15 is 0 Å². The van der Waals surface area contributed by atoms with Gasteiger partial charge < -0.3 is 14.5 Å². The Bertz CT molecular complexity index is 355. The topological polar surface area (TPSA) is 66.8 Å². The van der Waals surface area contributed by atoms with E-state index in [9.17, 15) is 4.57 Å². The Morgan fingerprint density at radius 2 is 1.75 bits per heavy atom. The Kier molecular flexibility index (Phi) is 11.0. The first-order valence-electron chi connectivity index (χ1n) is 7.28. The third-order valence-electron chi connectivity index (χ3n) is 3.02. The van der Waals surface area contributed by atoms with E-state index in [2.05, 4.69) is 19.9 Å². The zero-order valence-electron chi connectivity index (χ0n) is 13.0. The van der Waals surface area contributed by atoms with Gasteiger partial charge in [-0.1, -0.05) is 43.1 Å². The molecule has 0 aromatic heterocycles. The van der Waals surface area contributed by atoms with Crippen LogP contribution in [-0.4, -0.2) is 22.7 Å². The van der Waals surface area contributed by atoms with Crippen molar-refractivity contribution in [3.8, 4) is 0 Å². The van der Waals surface area contributed by atoms with Crippen LogP contribution in [0.4, 0.5) is 0 Å². The highest BCUT2D eigenvalue weighted by molar-refractivity contribution is 7.51. The van der Waals surface area contributed by atoms with Gasteiger partial charge in [0.25, 0.3) is 0 Å². The molecule has 0 saturated heterocycles. The van der Waals surface area contributed by atoms with Crippen LogP contribution in [0.2, 0.25) is 0 Å². The van der Waals surface area contributed by atoms with Gasteiger partial charge in [0.05, 0.1) is 6.61 Å². The normalized spacial score (nSPS) is 13.8. The molecule has 0 aromatic rings. The monoisotopic (exact) mass is 304 g/mol. The fourth-order valence-electron chi connectivity index (χ4n) is 1.78. The van der Waals surface area contributed by atoms with Crippen LogP contribution in [0.25, 0.3) is 0 Å². The predicted octanol–water partition coefficient (Wildman–Crippen LogP) is 4.39. The van der Waals surface area contributed by atoms with Gasteiger partial charge in [-0.3, -0.25) is 4.57 Å². The molecule has 5 heteroatoms. The van der Waals surface area contributed by atoms with E-state index in [-0.39, 0.29) is 6.61 Å². The van der Waals surface area contributed by atoms with Gasteiger partial charge in [0.1, 0.15) is 6.35 Å². The molecule has 118 valence electrons. The molecule has 0 amide bonds. The maximum Gasteiger partial charge on any atom is 0.350 e. The highest BCUT2D eigenvalue weighted by Gasteiger charge is 2.11. The molecular weight excluding hydrogens is 275 g/mol. The summed E-state index contributed by atoms with van der Waals surface area (Å²) in [7, 11) is -4.03.